The standard InChI is InChI=1S/C30H25NO4.2C28H30N2O6S.C27H27NO5/c1-17-11-14-26(34-21-13-12-19-7-3-4-8-20(19)15-21)27-23(30(32)33)16-24(31-28(17)27)29-18(2)22-9-5-6-10-25(22)35-29;2*1-16-9-10-24(35-18(3)19-11-13-30(14-12-19)37(4,33)34)25-21(28(31)32)15-22(29-26(16)25)27-17(2)20-7-5-6-8-23(20)36-27;1-15-8-9-23(32-17(3)18-10-12-31-13-11-18)24-20(27(29)30)14-21(28-25(15)24)26-16(2)19-6-4-5-7-22(19)33-26/h3-11,14,16,21H,12-13,15H2,1-2H3,(H,32,33);2*5-10,15,18-19H,11-14H2,1-4H3,(H,31,32);4-9,14,17-18H,10-13H2,1-3H3,(H,29,30)/t21-;2*18-;17-/m1100/s1. The van der Waals surface area contributed by atoms with Gasteiger partial charge in [0.15, 0.2) is 23.0 Å². The van der Waals surface area contributed by atoms with Gasteiger partial charge in [0.05, 0.1) is 96.7 Å². The van der Waals surface area contributed by atoms with E-state index in [0.717, 1.165) is 134 Å². The van der Waals surface area contributed by atoms with E-state index in [-0.39, 0.29) is 58.5 Å². The van der Waals surface area contributed by atoms with Crippen molar-refractivity contribution in [2.75, 3.05) is 51.9 Å². The van der Waals surface area contributed by atoms with E-state index < -0.39 is 43.9 Å². The number of ether oxygens (including phenoxy) is 5. The van der Waals surface area contributed by atoms with Crippen molar-refractivity contribution in [3.05, 3.63) is 272 Å². The van der Waals surface area contributed by atoms with Crippen molar-refractivity contribution < 1.29 is 97.8 Å². The van der Waals surface area contributed by atoms with Crippen molar-refractivity contribution in [3.8, 4) is 68.8 Å². The van der Waals surface area contributed by atoms with Gasteiger partial charge >= 0.3 is 23.9 Å². The van der Waals surface area contributed by atoms with Crippen LogP contribution in [0.25, 0.3) is 133 Å². The number of sulfonamides is 2. The Morgan fingerprint density at radius 3 is 0.908 bits per heavy atom. The summed E-state index contributed by atoms with van der Waals surface area (Å²) < 4.78 is 106. The molecule has 0 spiro atoms. The van der Waals surface area contributed by atoms with Crippen LogP contribution >= 0.6 is 0 Å². The normalized spacial score (nSPS) is 15.9. The van der Waals surface area contributed by atoms with Crippen LogP contribution in [0.5, 0.6) is 23.0 Å². The predicted molar refractivity (Wildman–Crippen MR) is 549 cm³/mol. The fraction of sp³-hybridized carbons (Fsp3) is 0.310. The molecule has 4 aliphatic rings. The molecule has 3 saturated heterocycles. The Kier molecular flexibility index (Phi) is 27.8. The van der Waals surface area contributed by atoms with Crippen LogP contribution in [-0.4, -0.2) is 166 Å². The van der Waals surface area contributed by atoms with Crippen LogP contribution < -0.4 is 18.9 Å². The molecule has 17 aromatic rings. The molecule has 8 aromatic heterocycles. The van der Waals surface area contributed by atoms with Crippen molar-refractivity contribution >= 4 is 131 Å². The largest absolute Gasteiger partial charge is 0.490 e. The average molecular weight is 1950 g/mol. The highest BCUT2D eigenvalue weighted by molar-refractivity contribution is 7.88. The van der Waals surface area contributed by atoms with Crippen LogP contribution in [0.1, 0.15) is 163 Å². The number of aromatic nitrogens is 4. The zero-order chi connectivity index (χ0) is 100. The Morgan fingerprint density at radius 1 is 0.352 bits per heavy atom. The molecule has 11 heterocycles. The Hall–Kier alpha value is -14.4. The number of furan rings is 4. The van der Waals surface area contributed by atoms with Crippen LogP contribution in [0.3, 0.4) is 0 Å². The number of piperidine rings is 2. The highest BCUT2D eigenvalue weighted by Gasteiger charge is 2.36. The van der Waals surface area contributed by atoms with Crippen LogP contribution in [-0.2, 0) is 37.6 Å². The molecule has 9 aromatic carbocycles. The molecule has 0 bridgehead atoms. The number of nitrogens with zero attached hydrogens (tertiary/aromatic N) is 6. The van der Waals surface area contributed by atoms with Crippen LogP contribution in [0.2, 0.25) is 0 Å². The second kappa shape index (κ2) is 40.3. The van der Waals surface area contributed by atoms with Gasteiger partial charge in [0, 0.05) is 89.6 Å². The van der Waals surface area contributed by atoms with E-state index in [1.54, 1.807) is 36.4 Å². The number of aryl methyl sites for hydroxylation is 9. The summed E-state index contributed by atoms with van der Waals surface area (Å²) in [5, 5.41) is 46.6. The van der Waals surface area contributed by atoms with Gasteiger partial charge < -0.3 is 61.8 Å². The lowest BCUT2D eigenvalue weighted by atomic mass is 9.90. The van der Waals surface area contributed by atoms with E-state index >= 15 is 0 Å². The number of hydrogen-bond donors (Lipinski definition) is 4. The predicted octanol–water partition coefficient (Wildman–Crippen LogP) is 23.9. The van der Waals surface area contributed by atoms with Crippen LogP contribution in [0, 0.1) is 73.1 Å². The third-order valence-corrected chi connectivity index (χ3v) is 31.1. The Balaban J connectivity index is 0.000000125. The van der Waals surface area contributed by atoms with Crippen LogP contribution in [0.4, 0.5) is 0 Å². The zero-order valence-corrected chi connectivity index (χ0v) is 83.0. The second-order valence-corrected chi connectivity index (χ2v) is 41.7. The van der Waals surface area contributed by atoms with Gasteiger partial charge in [0.25, 0.3) is 0 Å². The first-order valence-corrected chi connectivity index (χ1v) is 51.6. The molecule has 732 valence electrons. The molecule has 4 atom stereocenters. The lowest BCUT2D eigenvalue weighted by molar-refractivity contribution is 0.0243. The number of fused-ring (bicyclic) bond motifs is 9. The Labute approximate surface area is 821 Å². The molecule has 0 radical (unpaired) electrons. The second-order valence-electron chi connectivity index (χ2n) is 37.7. The first kappa shape index (κ1) is 97.8. The average Bonchev–Trinajstić information content (AvgIpc) is 1.30. The van der Waals surface area contributed by atoms with Crippen molar-refractivity contribution in [2.24, 2.45) is 17.8 Å². The number of aromatic carboxylic acids is 4. The molecule has 27 nitrogen and oxygen atoms in total. The number of carboxylic acids is 4. The molecule has 0 saturated carbocycles. The molecule has 21 rings (SSSR count). The molecule has 142 heavy (non-hydrogen) atoms. The summed E-state index contributed by atoms with van der Waals surface area (Å²) in [4.78, 5) is 69.2. The minimum Gasteiger partial charge on any atom is -0.490 e. The number of pyridine rings is 4. The third kappa shape index (κ3) is 19.8. The van der Waals surface area contributed by atoms with E-state index in [1.807, 2.05) is 210 Å². The van der Waals surface area contributed by atoms with Crippen molar-refractivity contribution in [1.29, 1.82) is 0 Å². The SMILES string of the molecule is Cc1c(-c2cc(C(=O)O)c3c(O[C@@H](C)C4CCN(S(C)(=O)=O)CC4)ccc(C)c3n2)oc2ccccc12.Cc1c(-c2cc(C(=O)O)c3c(O[C@@H](C)C4CCOCC4)ccc(C)c3n2)oc2ccccc12.Cc1c(-c2cc(C(=O)O)c3c(O[C@@H]4CCc5ccccc5C4)ccc(C)c3n2)oc2ccccc12.Cc1c(-c2cc(C(=O)O)c3c(O[C@H](C)C4CCN(S(C)(=O)=O)CC4)ccc(C)c3n2)oc2ccccc12. The van der Waals surface area contributed by atoms with Gasteiger partial charge in [-0.25, -0.2) is 64.6 Å². The summed E-state index contributed by atoms with van der Waals surface area (Å²) in [6.45, 7) is 24.7. The Morgan fingerprint density at radius 2 is 0.620 bits per heavy atom. The topological polar surface area (TPSA) is 374 Å². The number of carbonyl (C=O) groups is 4. The van der Waals surface area contributed by atoms with Crippen molar-refractivity contribution in [3.63, 3.8) is 0 Å². The fourth-order valence-electron chi connectivity index (χ4n) is 20.4. The van der Waals surface area contributed by atoms with E-state index in [4.69, 9.17) is 61.3 Å². The first-order chi connectivity index (χ1) is 68.0. The van der Waals surface area contributed by atoms with Gasteiger partial charge in [-0.3, -0.25) is 0 Å². The van der Waals surface area contributed by atoms with Crippen LogP contribution in [0.15, 0.2) is 212 Å². The molecule has 1 aliphatic carbocycles. The number of benzene rings is 9. The van der Waals surface area contributed by atoms with Gasteiger partial charge in [-0.15, -0.1) is 0 Å². The molecule has 3 aliphatic heterocycles. The molecule has 3 fully saturated rings. The summed E-state index contributed by atoms with van der Waals surface area (Å²) >= 11 is 0. The quantitative estimate of drug-likeness (QED) is 0.0519. The van der Waals surface area contributed by atoms with E-state index in [1.165, 1.54) is 32.2 Å². The maximum Gasteiger partial charge on any atom is 0.336 e. The number of carboxylic acid groups (broad SMARTS) is 4. The van der Waals surface area contributed by atoms with Gasteiger partial charge in [-0.1, -0.05) is 121 Å². The smallest absolute Gasteiger partial charge is 0.336 e. The van der Waals surface area contributed by atoms with Crippen molar-refractivity contribution in [2.45, 2.75) is 158 Å². The summed E-state index contributed by atoms with van der Waals surface area (Å²) in [7, 11) is -6.42. The molecule has 0 amide bonds. The van der Waals surface area contributed by atoms with Gasteiger partial charge in [-0.05, 0) is 251 Å². The summed E-state index contributed by atoms with van der Waals surface area (Å²) in [6, 6.07) is 60.6. The van der Waals surface area contributed by atoms with E-state index in [9.17, 15) is 56.4 Å². The maximum atomic E-state index is 12.5. The molecule has 29 heteroatoms. The van der Waals surface area contributed by atoms with Gasteiger partial charge in [-0.2, -0.15) is 0 Å². The molecule has 4 N–H and O–H groups in total. The lowest BCUT2D eigenvalue weighted by Crippen LogP contribution is -2.41. The third-order valence-electron chi connectivity index (χ3n) is 28.4. The monoisotopic (exact) mass is 1950 g/mol. The fourth-order valence-corrected chi connectivity index (χ4v) is 22.1. The number of para-hydroxylation sites is 4. The highest BCUT2D eigenvalue weighted by atomic mass is 32.2. The Bertz CT molecular complexity index is 7830. The van der Waals surface area contributed by atoms with Gasteiger partial charge in [0.1, 0.15) is 74.2 Å². The minimum absolute atomic E-state index is 0.0188. The molecular formula is C113H112N6O21S2. The summed E-state index contributed by atoms with van der Waals surface area (Å²) in [5.74, 6) is 0.752. The minimum atomic E-state index is -3.21. The maximum absolute atomic E-state index is 12.5. The highest BCUT2D eigenvalue weighted by Crippen LogP contribution is 2.46. The first-order valence-electron chi connectivity index (χ1n) is 47.9. The number of hydrogen-bond acceptors (Lipinski definition) is 21. The summed E-state index contributed by atoms with van der Waals surface area (Å²) in [5.41, 5.74) is 17.5. The van der Waals surface area contributed by atoms with Gasteiger partial charge in [0.2, 0.25) is 20.0 Å². The zero-order valence-electron chi connectivity index (χ0n) is 81.4. The van der Waals surface area contributed by atoms with E-state index in [2.05, 4.69) is 24.3 Å². The van der Waals surface area contributed by atoms with Crippen molar-refractivity contribution in [1.82, 2.24) is 28.5 Å². The summed E-state index contributed by atoms with van der Waals surface area (Å²) in [6.07, 6.45) is 9.14. The molecular weight excluding hydrogens is 1840 g/mol. The van der Waals surface area contributed by atoms with E-state index in [0.29, 0.717) is 170 Å². The lowest BCUT2D eigenvalue weighted by Gasteiger charge is -2.33. The number of rotatable bonds is 21. The molecule has 0 unspecified atom stereocenters.